The molecule has 0 spiro atoms. The number of carboxylic acids is 1. The Kier molecular flexibility index (Phi) is 9.23. The van der Waals surface area contributed by atoms with Crippen LogP contribution in [-0.4, -0.2) is 61.0 Å². The third-order valence-electron chi connectivity index (χ3n) is 6.13. The summed E-state index contributed by atoms with van der Waals surface area (Å²) >= 11 is 1.35. The van der Waals surface area contributed by atoms with Crippen LogP contribution in [0.25, 0.3) is 6.08 Å². The molecule has 2 atom stereocenters. The van der Waals surface area contributed by atoms with Gasteiger partial charge in [-0.1, -0.05) is 37.3 Å². The van der Waals surface area contributed by atoms with E-state index in [4.69, 9.17) is 14.6 Å². The molecule has 1 saturated heterocycles. The van der Waals surface area contributed by atoms with Gasteiger partial charge in [-0.2, -0.15) is 5.10 Å². The number of carbonyl (C=O) groups is 1. The SMILES string of the molecule is C[C@@H](SC1COC(/C=C/C=C/c2ccc(C(=O)O)cc2F)OC1)[C@](O)(Cn1cncn1)c1ccc(F)cc1F. The number of nitrogens with zero attached hydrogens (tertiary/aromatic N) is 3. The number of rotatable bonds is 10. The van der Waals surface area contributed by atoms with Gasteiger partial charge >= 0.3 is 5.97 Å². The molecule has 2 aromatic carbocycles. The summed E-state index contributed by atoms with van der Waals surface area (Å²) in [5.74, 6) is -3.46. The summed E-state index contributed by atoms with van der Waals surface area (Å²) in [7, 11) is 0. The van der Waals surface area contributed by atoms with Crippen LogP contribution in [0.15, 0.2) is 67.3 Å². The summed E-state index contributed by atoms with van der Waals surface area (Å²) < 4.78 is 55.2. The second-order valence-corrected chi connectivity index (χ2v) is 10.5. The molecular weight excluding hydrogens is 535 g/mol. The lowest BCUT2D eigenvalue weighted by Gasteiger charge is -2.37. The predicted octanol–water partition coefficient (Wildman–Crippen LogP) is 4.41. The van der Waals surface area contributed by atoms with Crippen molar-refractivity contribution in [2.75, 3.05) is 13.2 Å². The first kappa shape index (κ1) is 28.6. The average molecular weight is 562 g/mol. The van der Waals surface area contributed by atoms with Crippen LogP contribution in [0.4, 0.5) is 13.2 Å². The molecule has 8 nitrogen and oxygen atoms in total. The number of aromatic nitrogens is 3. The number of benzene rings is 2. The van der Waals surface area contributed by atoms with Crippen molar-refractivity contribution in [3.05, 3.63) is 101 Å². The van der Waals surface area contributed by atoms with E-state index in [1.807, 2.05) is 0 Å². The van der Waals surface area contributed by atoms with Gasteiger partial charge in [-0.3, -0.25) is 0 Å². The van der Waals surface area contributed by atoms with Gasteiger partial charge in [0, 0.05) is 22.4 Å². The highest BCUT2D eigenvalue weighted by atomic mass is 32.2. The minimum Gasteiger partial charge on any atom is -0.478 e. The van der Waals surface area contributed by atoms with Crippen LogP contribution in [0.5, 0.6) is 0 Å². The van der Waals surface area contributed by atoms with Crippen molar-refractivity contribution < 1.29 is 37.7 Å². The van der Waals surface area contributed by atoms with E-state index in [1.54, 1.807) is 25.2 Å². The van der Waals surface area contributed by atoms with Gasteiger partial charge in [0.05, 0.1) is 30.6 Å². The van der Waals surface area contributed by atoms with Crippen LogP contribution >= 0.6 is 11.8 Å². The zero-order valence-electron chi connectivity index (χ0n) is 20.8. The fraction of sp³-hybridized carbons (Fsp3) is 0.296. The molecule has 0 unspecified atom stereocenters. The summed E-state index contributed by atoms with van der Waals surface area (Å²) in [6.07, 6.45) is 8.39. The van der Waals surface area contributed by atoms with Crippen LogP contribution in [0.3, 0.4) is 0 Å². The van der Waals surface area contributed by atoms with Gasteiger partial charge in [-0.05, 0) is 24.3 Å². The molecule has 39 heavy (non-hydrogen) atoms. The summed E-state index contributed by atoms with van der Waals surface area (Å²) in [6.45, 7) is 2.20. The number of halogens is 3. The molecule has 1 aromatic heterocycles. The third kappa shape index (κ3) is 7.15. The van der Waals surface area contributed by atoms with Crippen molar-refractivity contribution in [1.82, 2.24) is 14.8 Å². The van der Waals surface area contributed by atoms with E-state index >= 15 is 0 Å². The summed E-state index contributed by atoms with van der Waals surface area (Å²) in [5, 5.41) is 23.8. The number of allylic oxidation sites excluding steroid dienone is 2. The zero-order valence-corrected chi connectivity index (χ0v) is 21.6. The normalized spacial score (nSPS) is 20.3. The first-order valence-corrected chi connectivity index (χ1v) is 12.9. The molecule has 0 saturated carbocycles. The Morgan fingerprint density at radius 2 is 1.95 bits per heavy atom. The Hall–Kier alpha value is -3.45. The molecule has 0 bridgehead atoms. The first-order valence-electron chi connectivity index (χ1n) is 11.9. The molecule has 0 radical (unpaired) electrons. The molecule has 3 aromatic rings. The summed E-state index contributed by atoms with van der Waals surface area (Å²) in [4.78, 5) is 14.8. The number of hydrogen-bond donors (Lipinski definition) is 2. The van der Waals surface area contributed by atoms with E-state index in [2.05, 4.69) is 10.1 Å². The quantitative estimate of drug-likeness (QED) is 0.351. The smallest absolute Gasteiger partial charge is 0.335 e. The highest BCUT2D eigenvalue weighted by molar-refractivity contribution is 8.00. The maximum Gasteiger partial charge on any atom is 0.335 e. The molecule has 1 aliphatic heterocycles. The minimum atomic E-state index is -1.74. The van der Waals surface area contributed by atoms with E-state index in [9.17, 15) is 23.1 Å². The predicted molar refractivity (Wildman–Crippen MR) is 138 cm³/mol. The number of ether oxygens (including phenoxy) is 2. The number of aliphatic hydroxyl groups is 1. The fourth-order valence-corrected chi connectivity index (χ4v) is 5.35. The summed E-state index contributed by atoms with van der Waals surface area (Å²) in [5.41, 5.74) is -1.70. The van der Waals surface area contributed by atoms with Crippen LogP contribution < -0.4 is 0 Å². The fourth-order valence-electron chi connectivity index (χ4n) is 4.04. The maximum absolute atomic E-state index is 14.7. The van der Waals surface area contributed by atoms with Crippen molar-refractivity contribution in [2.45, 2.75) is 35.9 Å². The highest BCUT2D eigenvalue weighted by Crippen LogP contribution is 2.38. The first-order chi connectivity index (χ1) is 18.7. The van der Waals surface area contributed by atoms with E-state index in [-0.39, 0.29) is 41.7 Å². The molecule has 4 rings (SSSR count). The molecule has 0 amide bonds. The molecule has 206 valence electrons. The Labute approximate surface area is 226 Å². The number of carboxylic acid groups (broad SMARTS) is 1. The largest absolute Gasteiger partial charge is 0.478 e. The van der Waals surface area contributed by atoms with Gasteiger partial charge < -0.3 is 19.7 Å². The van der Waals surface area contributed by atoms with Crippen LogP contribution in [0.1, 0.15) is 28.4 Å². The van der Waals surface area contributed by atoms with E-state index < -0.39 is 40.6 Å². The minimum absolute atomic E-state index is 0.0568. The number of aromatic carboxylic acids is 1. The lowest BCUT2D eigenvalue weighted by atomic mass is 9.90. The van der Waals surface area contributed by atoms with Crippen molar-refractivity contribution in [3.63, 3.8) is 0 Å². The molecule has 1 aliphatic rings. The van der Waals surface area contributed by atoms with E-state index in [1.165, 1.54) is 53.4 Å². The second-order valence-electron chi connectivity index (χ2n) is 8.86. The Morgan fingerprint density at radius 1 is 1.18 bits per heavy atom. The molecule has 1 fully saturated rings. The third-order valence-corrected chi connectivity index (χ3v) is 7.59. The van der Waals surface area contributed by atoms with Crippen molar-refractivity contribution >= 4 is 23.8 Å². The Bertz CT molecular complexity index is 1350. The van der Waals surface area contributed by atoms with Crippen molar-refractivity contribution in [2.24, 2.45) is 0 Å². The Balaban J connectivity index is 1.35. The molecule has 2 N–H and O–H groups in total. The van der Waals surface area contributed by atoms with Crippen LogP contribution in [0.2, 0.25) is 0 Å². The van der Waals surface area contributed by atoms with Gasteiger partial charge in [-0.15, -0.1) is 11.8 Å². The van der Waals surface area contributed by atoms with Gasteiger partial charge in [0.2, 0.25) is 0 Å². The topological polar surface area (TPSA) is 107 Å². The van der Waals surface area contributed by atoms with Crippen molar-refractivity contribution in [1.29, 1.82) is 0 Å². The molecule has 0 aliphatic carbocycles. The molecular formula is C27H26F3N3O5S. The average Bonchev–Trinajstić information content (AvgIpc) is 3.40. The van der Waals surface area contributed by atoms with Gasteiger partial charge in [-0.25, -0.2) is 27.6 Å². The monoisotopic (exact) mass is 561 g/mol. The number of hydrogen-bond acceptors (Lipinski definition) is 7. The maximum atomic E-state index is 14.7. The van der Waals surface area contributed by atoms with Gasteiger partial charge in [0.25, 0.3) is 0 Å². The van der Waals surface area contributed by atoms with Gasteiger partial charge in [0.1, 0.15) is 35.7 Å². The summed E-state index contributed by atoms with van der Waals surface area (Å²) in [6, 6.07) is 6.71. The molecule has 12 heteroatoms. The van der Waals surface area contributed by atoms with E-state index in [0.717, 1.165) is 18.2 Å². The second kappa shape index (κ2) is 12.6. The Morgan fingerprint density at radius 3 is 2.59 bits per heavy atom. The van der Waals surface area contributed by atoms with Gasteiger partial charge in [0.15, 0.2) is 6.29 Å². The highest BCUT2D eigenvalue weighted by Gasteiger charge is 2.41. The number of thioether (sulfide) groups is 1. The lowest BCUT2D eigenvalue weighted by molar-refractivity contribution is -0.146. The van der Waals surface area contributed by atoms with Crippen LogP contribution in [-0.2, 0) is 21.6 Å². The zero-order chi connectivity index (χ0) is 28.0. The molecule has 2 heterocycles. The van der Waals surface area contributed by atoms with Crippen molar-refractivity contribution in [3.8, 4) is 0 Å². The van der Waals surface area contributed by atoms with Crippen LogP contribution in [0, 0.1) is 17.5 Å². The lowest BCUT2D eigenvalue weighted by Crippen LogP contribution is -2.43. The van der Waals surface area contributed by atoms with E-state index in [0.29, 0.717) is 0 Å². The standard InChI is InChI=1S/C27H26F3N3O5S/c1-17(27(36,14-33-16-31-15-32-33)22-9-8-20(28)11-24(22)30)39-21-12-37-25(38-13-21)5-3-2-4-18-6-7-19(26(34)35)10-23(18)29/h2-11,15-17,21,25,36H,12-14H2,1H3,(H,34,35)/b4-2+,5-3+/t17-,21?,25?,27-/m1/s1.